The molecule has 4 rings (SSSR count). The lowest BCUT2D eigenvalue weighted by Gasteiger charge is -2.38. The Bertz CT molecular complexity index is 1230. The Morgan fingerprint density at radius 1 is 1.00 bits per heavy atom. The summed E-state index contributed by atoms with van der Waals surface area (Å²) in [7, 11) is 0. The summed E-state index contributed by atoms with van der Waals surface area (Å²) in [5, 5.41) is 10.9. The number of piperidine rings is 1. The number of Topliss-reactive ketones (excluding diaryl/α,β-unsaturated/α-hetero) is 1. The maximum Gasteiger partial charge on any atom is 0.328 e. The average molecular weight is 658 g/mol. The number of carbonyl (C=O) groups excluding carboxylic acids is 6. The van der Waals surface area contributed by atoms with Crippen molar-refractivity contribution in [3.05, 3.63) is 12.7 Å². The number of ketones is 1. The predicted octanol–water partition coefficient (Wildman–Crippen LogP) is 2.85. The summed E-state index contributed by atoms with van der Waals surface area (Å²) in [6.45, 7) is 15.8. The minimum Gasteiger partial charge on any atom is -0.464 e. The van der Waals surface area contributed by atoms with Crippen LogP contribution < -0.4 is 21.3 Å². The number of ether oxygens (including phenoxy) is 1. The zero-order chi connectivity index (χ0) is 34.7. The molecule has 0 aromatic heterocycles. The lowest BCUT2D eigenvalue weighted by molar-refractivity contribution is -0.148. The van der Waals surface area contributed by atoms with Gasteiger partial charge in [-0.3, -0.25) is 19.2 Å². The highest BCUT2D eigenvalue weighted by molar-refractivity contribution is 6.38. The molecule has 0 radical (unpaired) electrons. The molecule has 12 heteroatoms. The van der Waals surface area contributed by atoms with E-state index in [9.17, 15) is 28.8 Å². The lowest BCUT2D eigenvalue weighted by Crippen LogP contribution is -2.62. The number of carbonyl (C=O) groups is 6. The highest BCUT2D eigenvalue weighted by Gasteiger charge is 2.70. The number of amides is 5. The number of urea groups is 1. The van der Waals surface area contributed by atoms with E-state index in [0.717, 1.165) is 38.5 Å². The Balaban J connectivity index is 1.49. The first-order chi connectivity index (χ1) is 22.1. The molecule has 3 saturated carbocycles. The quantitative estimate of drug-likeness (QED) is 0.120. The third kappa shape index (κ3) is 8.54. The molecule has 0 aromatic rings. The van der Waals surface area contributed by atoms with Crippen LogP contribution in [0.4, 0.5) is 4.79 Å². The molecule has 6 atom stereocenters. The zero-order valence-electron chi connectivity index (χ0n) is 29.0. The van der Waals surface area contributed by atoms with Crippen LogP contribution in [0.25, 0.3) is 0 Å². The largest absolute Gasteiger partial charge is 0.464 e. The van der Waals surface area contributed by atoms with E-state index in [1.165, 1.54) is 11.0 Å². The zero-order valence-corrected chi connectivity index (χ0v) is 29.0. The number of hydrogen-bond donors (Lipinski definition) is 4. The summed E-state index contributed by atoms with van der Waals surface area (Å²) in [6.07, 6.45) is 7.94. The molecule has 1 unspecified atom stereocenters. The Morgan fingerprint density at radius 3 is 2.23 bits per heavy atom. The summed E-state index contributed by atoms with van der Waals surface area (Å²) >= 11 is 0. The minimum absolute atomic E-state index is 0.0325. The van der Waals surface area contributed by atoms with Gasteiger partial charge in [-0.25, -0.2) is 9.59 Å². The first kappa shape index (κ1) is 36.4. The van der Waals surface area contributed by atoms with Gasteiger partial charge >= 0.3 is 12.0 Å². The molecule has 262 valence electrons. The molecule has 5 amide bonds. The Kier molecular flexibility index (Phi) is 11.4. The van der Waals surface area contributed by atoms with Gasteiger partial charge in [0, 0.05) is 13.1 Å². The van der Waals surface area contributed by atoms with Gasteiger partial charge in [-0.2, -0.15) is 0 Å². The average Bonchev–Trinajstić information content (AvgIpc) is 3.73. The maximum absolute atomic E-state index is 14.3. The Labute approximate surface area is 278 Å². The number of nitrogens with one attached hydrogen (secondary N) is 4. The molecular formula is C35H55N5O7. The van der Waals surface area contributed by atoms with Crippen LogP contribution in [0.2, 0.25) is 0 Å². The van der Waals surface area contributed by atoms with Gasteiger partial charge in [0.2, 0.25) is 17.6 Å². The van der Waals surface area contributed by atoms with E-state index >= 15 is 0 Å². The molecule has 4 aliphatic rings. The fraction of sp³-hybridized carbons (Fsp3) is 0.771. The number of esters is 1. The summed E-state index contributed by atoms with van der Waals surface area (Å²) in [6, 6.07) is -4.36. The van der Waals surface area contributed by atoms with Crippen molar-refractivity contribution in [3.63, 3.8) is 0 Å². The van der Waals surface area contributed by atoms with Gasteiger partial charge in [-0.15, -0.1) is 6.58 Å². The normalized spacial score (nSPS) is 25.1. The van der Waals surface area contributed by atoms with Crippen molar-refractivity contribution < 1.29 is 33.5 Å². The van der Waals surface area contributed by atoms with Crippen LogP contribution in [0.5, 0.6) is 0 Å². The van der Waals surface area contributed by atoms with Gasteiger partial charge in [0.1, 0.15) is 18.1 Å². The summed E-state index contributed by atoms with van der Waals surface area (Å²) < 4.78 is 5.56. The summed E-state index contributed by atoms with van der Waals surface area (Å²) in [4.78, 5) is 81.8. The van der Waals surface area contributed by atoms with E-state index in [1.807, 2.05) is 27.7 Å². The van der Waals surface area contributed by atoms with Crippen molar-refractivity contribution in [2.75, 3.05) is 19.7 Å². The van der Waals surface area contributed by atoms with Gasteiger partial charge in [0.15, 0.2) is 0 Å². The minimum atomic E-state index is -1.04. The molecule has 1 heterocycles. The van der Waals surface area contributed by atoms with Gasteiger partial charge in [0.25, 0.3) is 5.91 Å². The molecule has 47 heavy (non-hydrogen) atoms. The van der Waals surface area contributed by atoms with E-state index < -0.39 is 65.1 Å². The predicted molar refractivity (Wildman–Crippen MR) is 176 cm³/mol. The standard InChI is InChI=1S/C35H55N5O7/c1-8-12-23(27(41)30(43)36-17-9-2)37-29(42)26-24-22(35(24,6)7)18-40(26)31(44)28(34(3,4)5)39-33(46)38-25(21-13-10-11-14-21)32(45)47-19-20-15-16-20/h9,20-26,28H,2,8,10-19H2,1,3-7H3,(H,36,43)(H,37,42)(H2,38,39,46)/t22-,23?,24-,25-,26-,28+/m0/s1. The summed E-state index contributed by atoms with van der Waals surface area (Å²) in [5.74, 6) is -2.59. The third-order valence-corrected chi connectivity index (χ3v) is 10.6. The van der Waals surface area contributed by atoms with Crippen LogP contribution in [-0.2, 0) is 28.7 Å². The summed E-state index contributed by atoms with van der Waals surface area (Å²) in [5.41, 5.74) is -0.932. The van der Waals surface area contributed by atoms with Gasteiger partial charge in [-0.1, -0.05) is 66.9 Å². The van der Waals surface area contributed by atoms with E-state index in [4.69, 9.17) is 4.74 Å². The van der Waals surface area contributed by atoms with Gasteiger partial charge in [-0.05, 0) is 66.6 Å². The molecule has 0 aromatic carbocycles. The Hall–Kier alpha value is -3.44. The van der Waals surface area contributed by atoms with Crippen molar-refractivity contribution in [2.24, 2.45) is 34.5 Å². The number of hydrogen-bond acceptors (Lipinski definition) is 7. The molecule has 3 aliphatic carbocycles. The van der Waals surface area contributed by atoms with E-state index in [1.54, 1.807) is 0 Å². The second kappa shape index (κ2) is 14.8. The van der Waals surface area contributed by atoms with Crippen LogP contribution >= 0.6 is 0 Å². The highest BCUT2D eigenvalue weighted by atomic mass is 16.5. The maximum atomic E-state index is 14.3. The smallest absolute Gasteiger partial charge is 0.328 e. The Morgan fingerprint density at radius 2 is 1.66 bits per heavy atom. The van der Waals surface area contributed by atoms with E-state index in [-0.39, 0.29) is 36.1 Å². The van der Waals surface area contributed by atoms with E-state index in [0.29, 0.717) is 25.5 Å². The molecule has 12 nitrogen and oxygen atoms in total. The van der Waals surface area contributed by atoms with Crippen LogP contribution in [0.3, 0.4) is 0 Å². The number of likely N-dealkylation sites (tertiary alicyclic amines) is 1. The SMILES string of the molecule is C=CCNC(=O)C(=O)C(CCC)NC(=O)[C@@H]1[C@@H]2[C@H](CN1C(=O)[C@@H](NC(=O)N[C@H](C(=O)OCC1CC1)C1CCCC1)C(C)(C)C)C2(C)C. The fourth-order valence-corrected chi connectivity index (χ4v) is 7.40. The molecule has 0 spiro atoms. The molecule has 4 fully saturated rings. The fourth-order valence-electron chi connectivity index (χ4n) is 7.40. The van der Waals surface area contributed by atoms with E-state index in [2.05, 4.69) is 41.7 Å². The molecule has 4 N–H and O–H groups in total. The van der Waals surface area contributed by atoms with Crippen LogP contribution in [0, 0.1) is 34.5 Å². The first-order valence-electron chi connectivity index (χ1n) is 17.4. The third-order valence-electron chi connectivity index (χ3n) is 10.6. The molecule has 1 aliphatic heterocycles. The van der Waals surface area contributed by atoms with Crippen LogP contribution in [0.1, 0.15) is 92.9 Å². The van der Waals surface area contributed by atoms with Crippen molar-refractivity contribution in [1.29, 1.82) is 0 Å². The van der Waals surface area contributed by atoms with Crippen LogP contribution in [0.15, 0.2) is 12.7 Å². The van der Waals surface area contributed by atoms with Gasteiger partial charge < -0.3 is 30.9 Å². The second-order valence-electron chi connectivity index (χ2n) is 15.6. The van der Waals surface area contributed by atoms with Crippen LogP contribution in [-0.4, -0.2) is 84.3 Å². The molecular weight excluding hydrogens is 602 g/mol. The molecule has 0 bridgehead atoms. The van der Waals surface area contributed by atoms with Crippen molar-refractivity contribution in [2.45, 2.75) is 117 Å². The number of fused-ring (bicyclic) bond motifs is 1. The topological polar surface area (TPSA) is 163 Å². The highest BCUT2D eigenvalue weighted by Crippen LogP contribution is 2.65. The second-order valence-corrected chi connectivity index (χ2v) is 15.6. The lowest BCUT2D eigenvalue weighted by atomic mass is 9.85. The van der Waals surface area contributed by atoms with Crippen molar-refractivity contribution >= 4 is 35.5 Å². The van der Waals surface area contributed by atoms with Crippen molar-refractivity contribution in [1.82, 2.24) is 26.2 Å². The number of nitrogens with zero attached hydrogens (tertiary/aromatic N) is 1. The van der Waals surface area contributed by atoms with Gasteiger partial charge in [0.05, 0.1) is 12.6 Å². The first-order valence-corrected chi connectivity index (χ1v) is 17.4. The van der Waals surface area contributed by atoms with Crippen molar-refractivity contribution in [3.8, 4) is 0 Å². The number of rotatable bonds is 15. The monoisotopic (exact) mass is 657 g/mol. The molecule has 1 saturated heterocycles.